The number of nitroso groups, excluding NO2 is 1. The van der Waals surface area contributed by atoms with E-state index in [9.17, 15) is 4.91 Å². The second kappa shape index (κ2) is 3.69. The van der Waals surface area contributed by atoms with Gasteiger partial charge in [-0.3, -0.25) is 5.01 Å². The Morgan fingerprint density at radius 3 is 2.82 bits per heavy atom. The first-order valence-electron chi connectivity index (χ1n) is 4.37. The minimum absolute atomic E-state index is 0.357. The predicted molar refractivity (Wildman–Crippen MR) is 45.0 cm³/mol. The van der Waals surface area contributed by atoms with Crippen LogP contribution in [0.3, 0.4) is 0 Å². The zero-order chi connectivity index (χ0) is 8.27. The minimum atomic E-state index is 0.357. The lowest BCUT2D eigenvalue weighted by molar-refractivity contribution is 0.118. The molecule has 1 aliphatic heterocycles. The quantitative estimate of drug-likeness (QED) is 0.574. The monoisotopic (exact) mass is 156 g/mol. The second-order valence-electron chi connectivity index (χ2n) is 3.40. The molecule has 1 saturated heterocycles. The first-order chi connectivity index (χ1) is 5.27. The first-order valence-corrected chi connectivity index (χ1v) is 4.37. The molecule has 2 unspecified atom stereocenters. The van der Waals surface area contributed by atoms with Crippen LogP contribution in [-0.4, -0.2) is 17.6 Å². The van der Waals surface area contributed by atoms with Gasteiger partial charge in [-0.2, -0.15) is 0 Å². The van der Waals surface area contributed by atoms with Crippen molar-refractivity contribution in [1.82, 2.24) is 5.01 Å². The summed E-state index contributed by atoms with van der Waals surface area (Å²) in [6.07, 6.45) is 3.53. The highest BCUT2D eigenvalue weighted by Crippen LogP contribution is 2.23. The van der Waals surface area contributed by atoms with Crippen molar-refractivity contribution < 1.29 is 0 Å². The van der Waals surface area contributed by atoms with Crippen molar-refractivity contribution in [3.8, 4) is 0 Å². The van der Waals surface area contributed by atoms with Gasteiger partial charge >= 0.3 is 0 Å². The molecule has 0 amide bonds. The van der Waals surface area contributed by atoms with Crippen molar-refractivity contribution in [1.29, 1.82) is 0 Å². The number of hydrogen-bond acceptors (Lipinski definition) is 2. The number of hydrogen-bond donors (Lipinski definition) is 0. The summed E-state index contributed by atoms with van der Waals surface area (Å²) in [7, 11) is 0. The maximum atomic E-state index is 10.3. The summed E-state index contributed by atoms with van der Waals surface area (Å²) in [6.45, 7) is 5.10. The molecule has 0 saturated carbocycles. The fourth-order valence-corrected chi connectivity index (χ4v) is 1.61. The SMILES string of the molecule is CCC1CCC(C)N(N=O)C1. The van der Waals surface area contributed by atoms with Crippen molar-refractivity contribution >= 4 is 0 Å². The molecule has 1 rings (SSSR count). The minimum Gasteiger partial charge on any atom is -0.258 e. The van der Waals surface area contributed by atoms with E-state index in [1.165, 1.54) is 12.8 Å². The summed E-state index contributed by atoms with van der Waals surface area (Å²) in [4.78, 5) is 10.3. The van der Waals surface area contributed by atoms with Gasteiger partial charge in [0.1, 0.15) is 0 Å². The highest BCUT2D eigenvalue weighted by atomic mass is 16.3. The first kappa shape index (κ1) is 8.50. The molecule has 64 valence electrons. The molecule has 0 aromatic carbocycles. The third-order valence-electron chi connectivity index (χ3n) is 2.63. The molecule has 3 nitrogen and oxygen atoms in total. The Bertz CT molecular complexity index is 138. The van der Waals surface area contributed by atoms with E-state index in [2.05, 4.69) is 19.1 Å². The average molecular weight is 156 g/mol. The molecule has 1 aliphatic rings. The Labute approximate surface area is 67.7 Å². The molecule has 0 aromatic heterocycles. The molecular formula is C8H16N2O. The largest absolute Gasteiger partial charge is 0.258 e. The van der Waals surface area contributed by atoms with Gasteiger partial charge in [-0.15, -0.1) is 4.91 Å². The van der Waals surface area contributed by atoms with E-state index in [4.69, 9.17) is 0 Å². The summed E-state index contributed by atoms with van der Waals surface area (Å²) in [5.41, 5.74) is 0. The Hall–Kier alpha value is -0.600. The molecule has 0 radical (unpaired) electrons. The summed E-state index contributed by atoms with van der Waals surface area (Å²) in [5, 5.41) is 4.69. The number of rotatable bonds is 2. The van der Waals surface area contributed by atoms with E-state index in [-0.39, 0.29) is 0 Å². The molecule has 0 aliphatic carbocycles. The molecule has 2 atom stereocenters. The fraction of sp³-hybridized carbons (Fsp3) is 1.00. The normalized spacial score (nSPS) is 32.0. The van der Waals surface area contributed by atoms with Gasteiger partial charge in [0.2, 0.25) is 0 Å². The fourth-order valence-electron chi connectivity index (χ4n) is 1.61. The smallest absolute Gasteiger partial charge is 0.0526 e. The third-order valence-corrected chi connectivity index (χ3v) is 2.63. The zero-order valence-electron chi connectivity index (χ0n) is 7.29. The molecule has 3 heteroatoms. The van der Waals surface area contributed by atoms with Gasteiger partial charge < -0.3 is 0 Å². The van der Waals surface area contributed by atoms with Crippen molar-refractivity contribution in [2.75, 3.05) is 6.54 Å². The van der Waals surface area contributed by atoms with E-state index in [0.29, 0.717) is 12.0 Å². The Morgan fingerprint density at radius 1 is 1.55 bits per heavy atom. The average Bonchev–Trinajstić information content (AvgIpc) is 2.05. The lowest BCUT2D eigenvalue weighted by Gasteiger charge is -2.32. The van der Waals surface area contributed by atoms with Crippen molar-refractivity contribution in [3.05, 3.63) is 4.91 Å². The molecule has 1 fully saturated rings. The van der Waals surface area contributed by atoms with Gasteiger partial charge in [0.15, 0.2) is 0 Å². The predicted octanol–water partition coefficient (Wildman–Crippen LogP) is 2.18. The number of nitrogens with zero attached hydrogens (tertiary/aromatic N) is 2. The Kier molecular flexibility index (Phi) is 2.85. The highest BCUT2D eigenvalue weighted by molar-refractivity contribution is 4.75. The molecule has 1 heterocycles. The second-order valence-corrected chi connectivity index (χ2v) is 3.40. The molecule has 0 aromatic rings. The summed E-state index contributed by atoms with van der Waals surface area (Å²) >= 11 is 0. The van der Waals surface area contributed by atoms with Crippen LogP contribution in [0.2, 0.25) is 0 Å². The third kappa shape index (κ3) is 1.91. The zero-order valence-corrected chi connectivity index (χ0v) is 7.29. The van der Waals surface area contributed by atoms with Crippen LogP contribution < -0.4 is 0 Å². The van der Waals surface area contributed by atoms with Crippen LogP contribution in [-0.2, 0) is 0 Å². The molecule has 0 N–H and O–H groups in total. The van der Waals surface area contributed by atoms with Crippen LogP contribution in [0.5, 0.6) is 0 Å². The van der Waals surface area contributed by atoms with Gasteiger partial charge in [0, 0.05) is 12.6 Å². The van der Waals surface area contributed by atoms with Gasteiger partial charge in [0.25, 0.3) is 0 Å². The standard InChI is InChI=1S/C8H16N2O/c1-3-8-5-4-7(2)10(6-8)9-11/h7-8H,3-6H2,1-2H3. The van der Waals surface area contributed by atoms with E-state index < -0.39 is 0 Å². The van der Waals surface area contributed by atoms with E-state index in [0.717, 1.165) is 13.0 Å². The van der Waals surface area contributed by atoms with Gasteiger partial charge in [-0.1, -0.05) is 13.3 Å². The van der Waals surface area contributed by atoms with Crippen molar-refractivity contribution in [2.45, 2.75) is 39.2 Å². The Morgan fingerprint density at radius 2 is 2.27 bits per heavy atom. The van der Waals surface area contributed by atoms with Crippen LogP contribution in [0.25, 0.3) is 0 Å². The summed E-state index contributed by atoms with van der Waals surface area (Å²) in [6, 6.07) is 0.357. The van der Waals surface area contributed by atoms with Crippen LogP contribution in [0, 0.1) is 10.8 Å². The van der Waals surface area contributed by atoms with Gasteiger partial charge in [-0.05, 0) is 25.7 Å². The van der Waals surface area contributed by atoms with E-state index in [1.54, 1.807) is 5.01 Å². The van der Waals surface area contributed by atoms with Gasteiger partial charge in [0.05, 0.1) is 5.29 Å². The lowest BCUT2D eigenvalue weighted by Crippen LogP contribution is -2.37. The van der Waals surface area contributed by atoms with Crippen molar-refractivity contribution in [2.24, 2.45) is 11.2 Å². The maximum Gasteiger partial charge on any atom is 0.0526 e. The van der Waals surface area contributed by atoms with Crippen LogP contribution in [0.1, 0.15) is 33.1 Å². The van der Waals surface area contributed by atoms with Gasteiger partial charge in [-0.25, -0.2) is 0 Å². The van der Waals surface area contributed by atoms with E-state index >= 15 is 0 Å². The number of piperidine rings is 1. The maximum absolute atomic E-state index is 10.3. The van der Waals surface area contributed by atoms with Crippen molar-refractivity contribution in [3.63, 3.8) is 0 Å². The van der Waals surface area contributed by atoms with Crippen LogP contribution in [0.15, 0.2) is 5.29 Å². The van der Waals surface area contributed by atoms with Crippen LogP contribution >= 0.6 is 0 Å². The molecular weight excluding hydrogens is 140 g/mol. The van der Waals surface area contributed by atoms with E-state index in [1.807, 2.05) is 0 Å². The lowest BCUT2D eigenvalue weighted by atomic mass is 9.93. The highest BCUT2D eigenvalue weighted by Gasteiger charge is 2.23. The molecule has 0 bridgehead atoms. The topological polar surface area (TPSA) is 32.7 Å². The Balaban J connectivity index is 2.43. The molecule has 0 spiro atoms. The molecule has 11 heavy (non-hydrogen) atoms. The van der Waals surface area contributed by atoms with Crippen LogP contribution in [0.4, 0.5) is 0 Å². The summed E-state index contributed by atoms with van der Waals surface area (Å²) in [5.74, 6) is 0.684. The summed E-state index contributed by atoms with van der Waals surface area (Å²) < 4.78 is 0.